The number of hydrogen-bond acceptors (Lipinski definition) is 3. The maximum Gasteiger partial charge on any atom is 0.340 e. The van der Waals surface area contributed by atoms with Crippen LogP contribution < -0.4 is 0 Å². The fourth-order valence-electron chi connectivity index (χ4n) is 2.03. The molecule has 1 heterocycles. The molecule has 0 fully saturated rings. The highest BCUT2D eigenvalue weighted by Gasteiger charge is 2.23. The molecule has 20 heavy (non-hydrogen) atoms. The monoisotopic (exact) mass is 294 g/mol. The third-order valence-electron chi connectivity index (χ3n) is 2.96. The lowest BCUT2D eigenvalue weighted by Gasteiger charge is -2.06. The number of phenols is 1. The Hall–Kier alpha value is -2.01. The van der Waals surface area contributed by atoms with Gasteiger partial charge in [0.2, 0.25) is 0 Å². The Labute approximate surface area is 121 Å². The molecule has 2 aromatic rings. The summed E-state index contributed by atoms with van der Waals surface area (Å²) in [5.74, 6) is -1.11. The quantitative estimate of drug-likeness (QED) is 0.908. The van der Waals surface area contributed by atoms with E-state index in [1.165, 1.54) is 10.7 Å². The number of phenolic OH excluding ortho intramolecular Hbond substituents is 1. The number of carboxylic acid groups (broad SMARTS) is 1. The largest absolute Gasteiger partial charge is 0.506 e. The molecule has 0 aliphatic carbocycles. The molecule has 0 saturated heterocycles. The Bertz CT molecular complexity index is 665. The molecule has 0 bridgehead atoms. The summed E-state index contributed by atoms with van der Waals surface area (Å²) in [5.41, 5.74) is 1.71. The van der Waals surface area contributed by atoms with Gasteiger partial charge in [0.25, 0.3) is 0 Å². The number of aromatic carboxylic acids is 1. The van der Waals surface area contributed by atoms with Crippen molar-refractivity contribution in [3.8, 4) is 11.4 Å². The van der Waals surface area contributed by atoms with Gasteiger partial charge >= 0.3 is 5.97 Å². The number of carboxylic acids is 1. The van der Waals surface area contributed by atoms with Gasteiger partial charge in [-0.2, -0.15) is 5.10 Å². The van der Waals surface area contributed by atoms with Crippen LogP contribution in [0.15, 0.2) is 18.2 Å². The number of aromatic hydroxyl groups is 1. The number of nitrogens with zero attached hydrogens (tertiary/aromatic N) is 2. The second-order valence-electron chi connectivity index (χ2n) is 4.57. The van der Waals surface area contributed by atoms with Crippen molar-refractivity contribution in [2.45, 2.75) is 26.7 Å². The summed E-state index contributed by atoms with van der Waals surface area (Å²) in [6, 6.07) is 4.99. The summed E-state index contributed by atoms with van der Waals surface area (Å²) in [6.07, 6.45) is 1.27. The molecule has 0 amide bonds. The average Bonchev–Trinajstić information content (AvgIpc) is 2.70. The average molecular weight is 295 g/mol. The fourth-order valence-corrected chi connectivity index (χ4v) is 2.34. The number of hydrogen-bond donors (Lipinski definition) is 2. The molecule has 0 aliphatic heterocycles. The Morgan fingerprint density at radius 2 is 2.15 bits per heavy atom. The van der Waals surface area contributed by atoms with Crippen LogP contribution >= 0.6 is 11.6 Å². The van der Waals surface area contributed by atoms with Crippen LogP contribution in [0.3, 0.4) is 0 Å². The van der Waals surface area contributed by atoms with Crippen LogP contribution in [0.25, 0.3) is 5.69 Å². The van der Waals surface area contributed by atoms with Crippen molar-refractivity contribution < 1.29 is 15.0 Å². The maximum atomic E-state index is 11.3. The minimum Gasteiger partial charge on any atom is -0.506 e. The van der Waals surface area contributed by atoms with Crippen LogP contribution in [-0.4, -0.2) is 26.0 Å². The van der Waals surface area contributed by atoms with Gasteiger partial charge in [0.05, 0.1) is 5.69 Å². The van der Waals surface area contributed by atoms with Crippen molar-refractivity contribution in [2.75, 3.05) is 0 Å². The predicted octanol–water partition coefficient (Wildman–Crippen LogP) is 3.19. The number of halogens is 1. The van der Waals surface area contributed by atoms with Gasteiger partial charge in [0.15, 0.2) is 0 Å². The first-order valence-corrected chi connectivity index (χ1v) is 6.64. The van der Waals surface area contributed by atoms with Gasteiger partial charge in [-0.3, -0.25) is 0 Å². The van der Waals surface area contributed by atoms with Crippen LogP contribution in [0.1, 0.15) is 35.0 Å². The van der Waals surface area contributed by atoms with E-state index in [-0.39, 0.29) is 16.5 Å². The Balaban J connectivity index is 2.66. The molecule has 0 unspecified atom stereocenters. The summed E-state index contributed by atoms with van der Waals surface area (Å²) >= 11 is 6.13. The van der Waals surface area contributed by atoms with Gasteiger partial charge in [-0.05, 0) is 31.0 Å². The van der Waals surface area contributed by atoms with Crippen molar-refractivity contribution in [1.29, 1.82) is 0 Å². The lowest BCUT2D eigenvalue weighted by atomic mass is 10.1. The van der Waals surface area contributed by atoms with E-state index in [1.807, 2.05) is 13.8 Å². The zero-order valence-electron chi connectivity index (χ0n) is 11.2. The van der Waals surface area contributed by atoms with E-state index < -0.39 is 5.97 Å². The molecule has 0 spiro atoms. The zero-order chi connectivity index (χ0) is 14.9. The van der Waals surface area contributed by atoms with Crippen LogP contribution in [-0.2, 0) is 6.42 Å². The van der Waals surface area contributed by atoms with Gasteiger partial charge in [0.1, 0.15) is 22.2 Å². The molecular weight excluding hydrogens is 280 g/mol. The third-order valence-corrected chi connectivity index (χ3v) is 3.31. The maximum absolute atomic E-state index is 11.3. The van der Waals surface area contributed by atoms with Gasteiger partial charge < -0.3 is 10.2 Å². The highest BCUT2D eigenvalue weighted by Crippen LogP contribution is 2.29. The second-order valence-corrected chi connectivity index (χ2v) is 4.93. The topological polar surface area (TPSA) is 75.3 Å². The molecule has 0 atom stereocenters. The van der Waals surface area contributed by atoms with E-state index in [0.717, 1.165) is 12.0 Å². The molecule has 0 saturated carbocycles. The van der Waals surface area contributed by atoms with E-state index >= 15 is 0 Å². The van der Waals surface area contributed by atoms with E-state index in [0.29, 0.717) is 17.8 Å². The van der Waals surface area contributed by atoms with E-state index in [4.69, 9.17) is 11.6 Å². The molecule has 0 aliphatic rings. The van der Waals surface area contributed by atoms with E-state index in [2.05, 4.69) is 5.10 Å². The minimum absolute atomic E-state index is 0.0000118. The summed E-state index contributed by atoms with van der Waals surface area (Å²) in [6.45, 7) is 3.80. The molecule has 6 heteroatoms. The standard InChI is InChI=1S/C14H15ClN2O3/c1-3-4-9-12(14(19)20)13(15)17(16-9)10-7-8(2)5-6-11(10)18/h5-7,18H,3-4H2,1-2H3,(H,19,20). The number of aryl methyl sites for hydroxylation is 2. The van der Waals surface area contributed by atoms with Crippen molar-refractivity contribution in [3.63, 3.8) is 0 Å². The first-order chi connectivity index (χ1) is 9.45. The molecule has 2 N–H and O–H groups in total. The smallest absolute Gasteiger partial charge is 0.340 e. The Morgan fingerprint density at radius 1 is 1.45 bits per heavy atom. The summed E-state index contributed by atoms with van der Waals surface area (Å²) in [4.78, 5) is 11.3. The van der Waals surface area contributed by atoms with Gasteiger partial charge in [-0.1, -0.05) is 31.0 Å². The molecular formula is C14H15ClN2O3. The summed E-state index contributed by atoms with van der Waals surface area (Å²) in [5, 5.41) is 23.4. The van der Waals surface area contributed by atoms with Crippen LogP contribution in [0.2, 0.25) is 5.15 Å². The second kappa shape index (κ2) is 5.54. The van der Waals surface area contributed by atoms with Gasteiger partial charge in [0, 0.05) is 0 Å². The van der Waals surface area contributed by atoms with Crippen LogP contribution in [0.4, 0.5) is 0 Å². The first-order valence-electron chi connectivity index (χ1n) is 6.26. The van der Waals surface area contributed by atoms with E-state index in [1.54, 1.807) is 12.1 Å². The van der Waals surface area contributed by atoms with Gasteiger partial charge in [-0.15, -0.1) is 0 Å². The van der Waals surface area contributed by atoms with Crippen molar-refractivity contribution in [1.82, 2.24) is 9.78 Å². The molecule has 0 radical (unpaired) electrons. The van der Waals surface area contributed by atoms with Crippen molar-refractivity contribution in [3.05, 3.63) is 40.2 Å². The number of aromatic nitrogens is 2. The number of carbonyl (C=O) groups is 1. The lowest BCUT2D eigenvalue weighted by molar-refractivity contribution is 0.0696. The SMILES string of the molecule is CCCc1nn(-c2cc(C)ccc2O)c(Cl)c1C(=O)O. The third kappa shape index (κ3) is 2.49. The number of benzene rings is 1. The Kier molecular flexibility index (Phi) is 3.99. The van der Waals surface area contributed by atoms with Gasteiger partial charge in [-0.25, -0.2) is 9.48 Å². The first kappa shape index (κ1) is 14.4. The molecule has 1 aromatic carbocycles. The highest BCUT2D eigenvalue weighted by molar-refractivity contribution is 6.33. The van der Waals surface area contributed by atoms with Crippen molar-refractivity contribution in [2.24, 2.45) is 0 Å². The summed E-state index contributed by atoms with van der Waals surface area (Å²) < 4.78 is 1.28. The Morgan fingerprint density at radius 3 is 2.75 bits per heavy atom. The van der Waals surface area contributed by atoms with Crippen LogP contribution in [0.5, 0.6) is 5.75 Å². The predicted molar refractivity (Wildman–Crippen MR) is 75.9 cm³/mol. The fraction of sp³-hybridized carbons (Fsp3) is 0.286. The minimum atomic E-state index is -1.11. The molecule has 106 valence electrons. The lowest BCUT2D eigenvalue weighted by Crippen LogP contribution is -2.00. The molecule has 5 nitrogen and oxygen atoms in total. The normalized spacial score (nSPS) is 10.8. The highest BCUT2D eigenvalue weighted by atomic mass is 35.5. The van der Waals surface area contributed by atoms with Crippen molar-refractivity contribution >= 4 is 17.6 Å². The molecule has 2 rings (SSSR count). The summed E-state index contributed by atoms with van der Waals surface area (Å²) in [7, 11) is 0. The van der Waals surface area contributed by atoms with Crippen LogP contribution in [0, 0.1) is 6.92 Å². The number of rotatable bonds is 4. The molecule has 1 aromatic heterocycles. The zero-order valence-corrected chi connectivity index (χ0v) is 12.0. The van der Waals surface area contributed by atoms with E-state index in [9.17, 15) is 15.0 Å².